The maximum Gasteiger partial charge on any atom is 1.00 e. The first-order valence-electron chi connectivity index (χ1n) is 11.8. The number of fused-ring (bicyclic) bond motifs is 2. The van der Waals surface area contributed by atoms with E-state index in [4.69, 9.17) is 28.4 Å². The van der Waals surface area contributed by atoms with Gasteiger partial charge in [-0.15, -0.1) is 0 Å². The van der Waals surface area contributed by atoms with Crippen molar-refractivity contribution >= 4 is 10.1 Å². The molecule has 1 aliphatic heterocycles. The third kappa shape index (κ3) is 10.5. The molecule has 2 aromatic carbocycles. The number of ether oxygens (including phenoxy) is 6. The molecule has 9 nitrogen and oxygen atoms in total. The fraction of sp³-hybridized carbons (Fsp3) is 0.520. The van der Waals surface area contributed by atoms with Crippen LogP contribution in [0.1, 0.15) is 26.2 Å². The van der Waals surface area contributed by atoms with Gasteiger partial charge >= 0.3 is 29.6 Å². The summed E-state index contributed by atoms with van der Waals surface area (Å²) in [7, 11) is -4.32. The van der Waals surface area contributed by atoms with Crippen LogP contribution in [0, 0.1) is 0 Å². The quantitative estimate of drug-likeness (QED) is 0.285. The minimum atomic E-state index is -4.32. The Morgan fingerprint density at radius 2 is 1.31 bits per heavy atom. The molecular formula is C25H33NaO9S. The van der Waals surface area contributed by atoms with Gasteiger partial charge in [-0.3, -0.25) is 0 Å². The molecule has 0 aliphatic carbocycles. The first-order chi connectivity index (χ1) is 16.9. The Bertz CT molecular complexity index is 961. The largest absolute Gasteiger partial charge is 1.00 e. The van der Waals surface area contributed by atoms with Crippen LogP contribution >= 0.6 is 0 Å². The predicted molar refractivity (Wildman–Crippen MR) is 128 cm³/mol. The van der Waals surface area contributed by atoms with Crippen molar-refractivity contribution in [3.05, 3.63) is 48.5 Å². The molecule has 0 radical (unpaired) electrons. The Morgan fingerprint density at radius 3 is 1.75 bits per heavy atom. The van der Waals surface area contributed by atoms with Gasteiger partial charge in [0.15, 0.2) is 23.0 Å². The molecule has 11 heteroatoms. The molecule has 0 bridgehead atoms. The van der Waals surface area contributed by atoms with E-state index in [1.165, 1.54) is 0 Å². The Labute approximate surface area is 235 Å². The summed E-state index contributed by atoms with van der Waals surface area (Å²) in [6.45, 7) is 3.82. The summed E-state index contributed by atoms with van der Waals surface area (Å²) in [5.41, 5.74) is -0.901. The first kappa shape index (κ1) is 30.7. The van der Waals surface area contributed by atoms with E-state index in [1.807, 2.05) is 55.5 Å². The van der Waals surface area contributed by atoms with Gasteiger partial charge in [-0.1, -0.05) is 37.6 Å². The molecule has 0 fully saturated rings. The van der Waals surface area contributed by atoms with Gasteiger partial charge < -0.3 is 33.0 Å². The summed E-state index contributed by atoms with van der Waals surface area (Å²) < 4.78 is 68.9. The SMILES string of the molecule is CCCC1(OCCCS(=O)(=O)[O-])COc2ccccc2OCCOCCOc2ccccc2OC1.[Na+]. The van der Waals surface area contributed by atoms with Crippen LogP contribution in [0.4, 0.5) is 0 Å². The fourth-order valence-electron chi connectivity index (χ4n) is 3.64. The number of rotatable bonds is 7. The van der Waals surface area contributed by atoms with Crippen molar-refractivity contribution in [3.63, 3.8) is 0 Å². The molecule has 0 amide bonds. The Kier molecular flexibility index (Phi) is 13.4. The third-order valence-electron chi connectivity index (χ3n) is 5.30. The molecule has 1 heterocycles. The van der Waals surface area contributed by atoms with Crippen LogP contribution in [-0.4, -0.2) is 70.6 Å². The van der Waals surface area contributed by atoms with Crippen LogP contribution < -0.4 is 48.5 Å². The maximum absolute atomic E-state index is 11.0. The van der Waals surface area contributed by atoms with Crippen molar-refractivity contribution in [2.75, 3.05) is 52.0 Å². The Morgan fingerprint density at radius 1 is 0.833 bits per heavy atom. The first-order valence-corrected chi connectivity index (χ1v) is 13.3. The van der Waals surface area contributed by atoms with E-state index < -0.39 is 21.5 Å². The molecule has 1 aliphatic rings. The number of hydrogen-bond acceptors (Lipinski definition) is 9. The second-order valence-electron chi connectivity index (χ2n) is 8.18. The van der Waals surface area contributed by atoms with Gasteiger partial charge in [0.2, 0.25) is 0 Å². The summed E-state index contributed by atoms with van der Waals surface area (Å²) in [5, 5.41) is 0. The zero-order chi connectivity index (χ0) is 25.0. The normalized spacial score (nSPS) is 16.5. The van der Waals surface area contributed by atoms with Crippen molar-refractivity contribution in [3.8, 4) is 23.0 Å². The van der Waals surface area contributed by atoms with Crippen LogP contribution in [-0.2, 0) is 19.6 Å². The Balaban J connectivity index is 0.00000456. The summed E-state index contributed by atoms with van der Waals surface area (Å²) >= 11 is 0. The molecule has 3 rings (SSSR count). The van der Waals surface area contributed by atoms with E-state index in [0.717, 1.165) is 6.42 Å². The smallest absolute Gasteiger partial charge is 0.748 e. The van der Waals surface area contributed by atoms with Crippen molar-refractivity contribution in [1.82, 2.24) is 0 Å². The molecule has 0 unspecified atom stereocenters. The van der Waals surface area contributed by atoms with Gasteiger partial charge in [0.25, 0.3) is 0 Å². The number of benzene rings is 2. The summed E-state index contributed by atoms with van der Waals surface area (Å²) in [6, 6.07) is 14.7. The van der Waals surface area contributed by atoms with Gasteiger partial charge in [-0.2, -0.15) is 0 Å². The predicted octanol–water partition coefficient (Wildman–Crippen LogP) is 0.427. The molecule has 0 atom stereocenters. The van der Waals surface area contributed by atoms with Crippen molar-refractivity contribution in [1.29, 1.82) is 0 Å². The standard InChI is InChI=1S/C25H34O9S.Na/c1-2-12-25(34-13-7-18-35(26,27)28)19-32-23-10-5-3-8-21(23)30-16-14-29-15-17-31-22-9-4-6-11-24(22)33-20-25;/h3-6,8-11H,2,7,12-20H2,1H3,(H,26,27,28);/q;+1/p-1. The molecule has 2 aromatic rings. The average molecular weight is 533 g/mol. The van der Waals surface area contributed by atoms with Gasteiger partial charge in [0.05, 0.1) is 23.3 Å². The molecule has 36 heavy (non-hydrogen) atoms. The zero-order valence-electron chi connectivity index (χ0n) is 21.0. The maximum atomic E-state index is 11.0. The molecule has 0 spiro atoms. The fourth-order valence-corrected chi connectivity index (χ4v) is 4.11. The van der Waals surface area contributed by atoms with E-state index in [1.54, 1.807) is 0 Å². The minimum Gasteiger partial charge on any atom is -0.748 e. The van der Waals surface area contributed by atoms with Gasteiger partial charge in [0, 0.05) is 12.4 Å². The molecular weight excluding hydrogens is 499 g/mol. The van der Waals surface area contributed by atoms with Crippen LogP contribution in [0.25, 0.3) is 0 Å². The van der Waals surface area contributed by atoms with Crippen molar-refractivity contribution < 1.29 is 70.9 Å². The third-order valence-corrected chi connectivity index (χ3v) is 6.09. The number of para-hydroxylation sites is 4. The van der Waals surface area contributed by atoms with Crippen LogP contribution in [0.15, 0.2) is 48.5 Å². The van der Waals surface area contributed by atoms with E-state index in [2.05, 4.69) is 0 Å². The Hall–Kier alpha value is -1.53. The summed E-state index contributed by atoms with van der Waals surface area (Å²) in [6.07, 6.45) is 1.42. The van der Waals surface area contributed by atoms with E-state index in [0.29, 0.717) is 55.8 Å². The van der Waals surface area contributed by atoms with Crippen LogP contribution in [0.5, 0.6) is 23.0 Å². The second-order valence-corrected chi connectivity index (χ2v) is 9.70. The average Bonchev–Trinajstić information content (AvgIpc) is 2.83. The van der Waals surface area contributed by atoms with E-state index >= 15 is 0 Å². The molecule has 0 N–H and O–H groups in total. The minimum absolute atomic E-state index is 0. The molecule has 0 aromatic heterocycles. The number of hydrogen-bond donors (Lipinski definition) is 0. The second kappa shape index (κ2) is 15.7. The zero-order valence-corrected chi connectivity index (χ0v) is 23.8. The molecule has 0 saturated heterocycles. The van der Waals surface area contributed by atoms with E-state index in [-0.39, 0.29) is 55.8 Å². The molecule has 194 valence electrons. The summed E-state index contributed by atoms with van der Waals surface area (Å²) in [5.74, 6) is 1.76. The van der Waals surface area contributed by atoms with Gasteiger partial charge in [-0.25, -0.2) is 8.42 Å². The van der Waals surface area contributed by atoms with Gasteiger partial charge in [0.1, 0.15) is 32.0 Å². The van der Waals surface area contributed by atoms with Crippen molar-refractivity contribution in [2.24, 2.45) is 0 Å². The van der Waals surface area contributed by atoms with E-state index in [9.17, 15) is 13.0 Å². The van der Waals surface area contributed by atoms with Crippen molar-refractivity contribution in [2.45, 2.75) is 31.8 Å². The van der Waals surface area contributed by atoms with Gasteiger partial charge in [-0.05, 0) is 37.1 Å². The van der Waals surface area contributed by atoms with Crippen LogP contribution in [0.2, 0.25) is 0 Å². The monoisotopic (exact) mass is 532 g/mol. The van der Waals surface area contributed by atoms with Crippen LogP contribution in [0.3, 0.4) is 0 Å². The topological polar surface area (TPSA) is 113 Å². The molecule has 0 saturated carbocycles. The summed E-state index contributed by atoms with van der Waals surface area (Å²) in [4.78, 5) is 0.